The van der Waals surface area contributed by atoms with Gasteiger partial charge in [-0.05, 0) is 48.7 Å². The molecule has 5 nitrogen and oxygen atoms in total. The van der Waals surface area contributed by atoms with Gasteiger partial charge in [0.2, 0.25) is 0 Å². The Morgan fingerprint density at radius 1 is 1.00 bits per heavy atom. The monoisotopic (exact) mass is 379 g/mol. The summed E-state index contributed by atoms with van der Waals surface area (Å²) >= 11 is 0. The van der Waals surface area contributed by atoms with E-state index in [1.165, 1.54) is 5.56 Å². The van der Waals surface area contributed by atoms with Crippen LogP contribution in [0.5, 0.6) is 5.75 Å². The average molecular weight is 379 g/mol. The van der Waals surface area contributed by atoms with Crippen molar-refractivity contribution in [2.45, 2.75) is 33.6 Å². The lowest BCUT2D eigenvalue weighted by atomic mass is 10.1. The van der Waals surface area contributed by atoms with E-state index in [9.17, 15) is 4.79 Å². The van der Waals surface area contributed by atoms with Crippen LogP contribution in [0.1, 0.15) is 28.0 Å². The van der Waals surface area contributed by atoms with Gasteiger partial charge in [-0.15, -0.1) is 0 Å². The fourth-order valence-electron chi connectivity index (χ4n) is 2.85. The number of carbonyl (C=O) groups excluding carboxylic acids is 1. The zero-order valence-electron chi connectivity index (χ0n) is 16.2. The fraction of sp³-hybridized carbons (Fsp3) is 0.261. The number of furan rings is 1. The van der Waals surface area contributed by atoms with E-state index in [0.29, 0.717) is 19.8 Å². The molecule has 28 heavy (non-hydrogen) atoms. The molecule has 1 aromatic heterocycles. The molecule has 1 heterocycles. The molecule has 2 aromatic carbocycles. The minimum absolute atomic E-state index is 0.00412. The highest BCUT2D eigenvalue weighted by Crippen LogP contribution is 2.18. The lowest BCUT2D eigenvalue weighted by molar-refractivity contribution is -0.123. The zero-order chi connectivity index (χ0) is 19.8. The summed E-state index contributed by atoms with van der Waals surface area (Å²) in [6.07, 6.45) is 1.63. The molecule has 5 heteroatoms. The molecular formula is C23H25NO4. The summed E-state index contributed by atoms with van der Waals surface area (Å²) in [6, 6.07) is 17.6. The van der Waals surface area contributed by atoms with E-state index in [-0.39, 0.29) is 12.5 Å². The number of nitrogens with one attached hydrogen (secondary N) is 1. The van der Waals surface area contributed by atoms with Gasteiger partial charge in [0.15, 0.2) is 6.61 Å². The third-order valence-electron chi connectivity index (χ3n) is 4.26. The molecule has 0 spiro atoms. The molecule has 0 unspecified atom stereocenters. The minimum atomic E-state index is -0.153. The Bertz CT molecular complexity index is 903. The average Bonchev–Trinajstić information content (AvgIpc) is 3.19. The van der Waals surface area contributed by atoms with Gasteiger partial charge in [0, 0.05) is 6.54 Å². The normalized spacial score (nSPS) is 10.6. The minimum Gasteiger partial charge on any atom is -0.484 e. The van der Waals surface area contributed by atoms with Gasteiger partial charge in [0.05, 0.1) is 12.9 Å². The smallest absolute Gasteiger partial charge is 0.258 e. The Labute approximate surface area is 165 Å². The van der Waals surface area contributed by atoms with Crippen LogP contribution < -0.4 is 10.1 Å². The number of hydrogen-bond acceptors (Lipinski definition) is 4. The second kappa shape index (κ2) is 9.76. The Kier molecular flexibility index (Phi) is 6.87. The molecule has 146 valence electrons. The Morgan fingerprint density at radius 2 is 1.86 bits per heavy atom. The van der Waals surface area contributed by atoms with E-state index in [4.69, 9.17) is 13.9 Å². The SMILES string of the molecule is Cc1ccc(OCC(=O)NCc2cccc(COCc3ccco3)c2)c(C)c1. The van der Waals surface area contributed by atoms with E-state index in [1.54, 1.807) is 6.26 Å². The molecule has 0 saturated carbocycles. The highest BCUT2D eigenvalue weighted by Gasteiger charge is 2.06. The number of amides is 1. The number of carbonyl (C=O) groups is 1. The molecule has 3 aromatic rings. The second-order valence-electron chi connectivity index (χ2n) is 6.73. The second-order valence-corrected chi connectivity index (χ2v) is 6.73. The van der Waals surface area contributed by atoms with Crippen LogP contribution in [-0.2, 0) is 29.3 Å². The van der Waals surface area contributed by atoms with Crippen molar-refractivity contribution in [1.82, 2.24) is 5.32 Å². The van der Waals surface area contributed by atoms with Crippen molar-refractivity contribution in [2.75, 3.05) is 6.61 Å². The predicted octanol–water partition coefficient (Wildman–Crippen LogP) is 4.31. The third-order valence-corrected chi connectivity index (χ3v) is 4.26. The molecule has 0 bridgehead atoms. The highest BCUT2D eigenvalue weighted by molar-refractivity contribution is 5.77. The van der Waals surface area contributed by atoms with Gasteiger partial charge < -0.3 is 19.2 Å². The number of aryl methyl sites for hydroxylation is 2. The summed E-state index contributed by atoms with van der Waals surface area (Å²) in [4.78, 5) is 12.1. The zero-order valence-corrected chi connectivity index (χ0v) is 16.2. The predicted molar refractivity (Wildman–Crippen MR) is 107 cm³/mol. The van der Waals surface area contributed by atoms with Gasteiger partial charge in [-0.2, -0.15) is 0 Å². The van der Waals surface area contributed by atoms with Crippen LogP contribution >= 0.6 is 0 Å². The van der Waals surface area contributed by atoms with Gasteiger partial charge in [-0.1, -0.05) is 42.0 Å². The van der Waals surface area contributed by atoms with E-state index in [2.05, 4.69) is 5.32 Å². The van der Waals surface area contributed by atoms with E-state index < -0.39 is 0 Å². The first kappa shape index (κ1) is 19.7. The van der Waals surface area contributed by atoms with E-state index >= 15 is 0 Å². The number of ether oxygens (including phenoxy) is 2. The first-order valence-corrected chi connectivity index (χ1v) is 9.25. The first-order valence-electron chi connectivity index (χ1n) is 9.25. The van der Waals surface area contributed by atoms with Crippen molar-refractivity contribution in [1.29, 1.82) is 0 Å². The summed E-state index contributed by atoms with van der Waals surface area (Å²) in [5, 5.41) is 2.89. The Morgan fingerprint density at radius 3 is 2.64 bits per heavy atom. The molecular weight excluding hydrogens is 354 g/mol. The highest BCUT2D eigenvalue weighted by atomic mass is 16.5. The van der Waals surface area contributed by atoms with Crippen molar-refractivity contribution in [3.63, 3.8) is 0 Å². The van der Waals surface area contributed by atoms with Crippen LogP contribution in [0.25, 0.3) is 0 Å². The molecule has 0 aliphatic heterocycles. The maximum Gasteiger partial charge on any atom is 0.258 e. The summed E-state index contributed by atoms with van der Waals surface area (Å²) in [6.45, 7) is 5.36. The molecule has 0 saturated heterocycles. The molecule has 0 atom stereocenters. The topological polar surface area (TPSA) is 60.7 Å². The van der Waals surface area contributed by atoms with Crippen molar-refractivity contribution in [3.8, 4) is 5.75 Å². The summed E-state index contributed by atoms with van der Waals surface area (Å²) < 4.78 is 16.5. The van der Waals surface area contributed by atoms with Gasteiger partial charge in [0.25, 0.3) is 5.91 Å². The third kappa shape index (κ3) is 5.99. The molecule has 3 rings (SSSR count). The number of hydrogen-bond donors (Lipinski definition) is 1. The summed E-state index contributed by atoms with van der Waals surface area (Å²) in [7, 11) is 0. The van der Waals surface area contributed by atoms with Gasteiger partial charge in [0.1, 0.15) is 18.1 Å². The maximum absolute atomic E-state index is 12.1. The maximum atomic E-state index is 12.1. The number of benzene rings is 2. The van der Waals surface area contributed by atoms with Gasteiger partial charge >= 0.3 is 0 Å². The van der Waals surface area contributed by atoms with Crippen molar-refractivity contribution >= 4 is 5.91 Å². The largest absolute Gasteiger partial charge is 0.484 e. The van der Waals surface area contributed by atoms with Crippen LogP contribution in [0.15, 0.2) is 65.3 Å². The fourth-order valence-corrected chi connectivity index (χ4v) is 2.85. The first-order chi connectivity index (χ1) is 13.6. The standard InChI is InChI=1S/C23H25NO4/c1-17-8-9-22(18(2)11-17)28-16-23(25)24-13-19-5-3-6-20(12-19)14-26-15-21-7-4-10-27-21/h3-12H,13-16H2,1-2H3,(H,24,25). The lowest BCUT2D eigenvalue weighted by Crippen LogP contribution is -2.28. The van der Waals surface area contributed by atoms with Crippen LogP contribution in [0.2, 0.25) is 0 Å². The molecule has 0 fully saturated rings. The molecule has 0 aliphatic rings. The van der Waals surface area contributed by atoms with Crippen LogP contribution in [-0.4, -0.2) is 12.5 Å². The van der Waals surface area contributed by atoms with Crippen LogP contribution in [0.4, 0.5) is 0 Å². The van der Waals surface area contributed by atoms with Crippen LogP contribution in [0.3, 0.4) is 0 Å². The van der Waals surface area contributed by atoms with Crippen molar-refractivity contribution < 1.29 is 18.7 Å². The number of rotatable bonds is 9. The van der Waals surface area contributed by atoms with Gasteiger partial charge in [-0.25, -0.2) is 0 Å². The van der Waals surface area contributed by atoms with Gasteiger partial charge in [-0.3, -0.25) is 4.79 Å². The van der Waals surface area contributed by atoms with E-state index in [0.717, 1.165) is 28.2 Å². The molecule has 0 radical (unpaired) electrons. The Balaban J connectivity index is 1.42. The Hall–Kier alpha value is -3.05. The summed E-state index contributed by atoms with van der Waals surface area (Å²) in [5.41, 5.74) is 4.25. The van der Waals surface area contributed by atoms with E-state index in [1.807, 2.05) is 68.4 Å². The molecule has 0 aliphatic carbocycles. The van der Waals surface area contributed by atoms with Crippen molar-refractivity contribution in [3.05, 3.63) is 88.9 Å². The van der Waals surface area contributed by atoms with Crippen molar-refractivity contribution in [2.24, 2.45) is 0 Å². The van der Waals surface area contributed by atoms with Crippen LogP contribution in [0, 0.1) is 13.8 Å². The molecule has 1 N–H and O–H groups in total. The summed E-state index contributed by atoms with van der Waals surface area (Å²) in [5.74, 6) is 1.38. The lowest BCUT2D eigenvalue weighted by Gasteiger charge is -2.11. The quantitative estimate of drug-likeness (QED) is 0.602. The molecule has 1 amide bonds.